The number of hydrogen-bond donors (Lipinski definition) is 0. The fourth-order valence-electron chi connectivity index (χ4n) is 4.67. The van der Waals surface area contributed by atoms with Crippen molar-refractivity contribution in [1.29, 1.82) is 0 Å². The molecule has 0 bridgehead atoms. The summed E-state index contributed by atoms with van der Waals surface area (Å²) in [6.45, 7) is 5.84. The molecule has 3 aliphatic heterocycles. The highest BCUT2D eigenvalue weighted by atomic mass is 16.5. The first kappa shape index (κ1) is 22.5. The van der Waals surface area contributed by atoms with Crippen LogP contribution in [0.1, 0.15) is 12.5 Å². The second-order valence-electron chi connectivity index (χ2n) is 8.72. The number of imide groups is 1. The number of hydrogen-bond acceptors (Lipinski definition) is 7. The van der Waals surface area contributed by atoms with Crippen LogP contribution in [0.4, 0.5) is 10.5 Å². The van der Waals surface area contributed by atoms with E-state index in [-0.39, 0.29) is 18.5 Å². The molecular formula is C26H27N5O4. The summed E-state index contributed by atoms with van der Waals surface area (Å²) < 4.78 is 11.2. The molecule has 3 heterocycles. The van der Waals surface area contributed by atoms with Crippen molar-refractivity contribution in [3.05, 3.63) is 72.4 Å². The van der Waals surface area contributed by atoms with Crippen molar-refractivity contribution in [1.82, 2.24) is 14.7 Å². The van der Waals surface area contributed by atoms with Gasteiger partial charge in [0.2, 0.25) is 5.96 Å². The number of aliphatic imine (C=N–C) groups is 1. The minimum atomic E-state index is -0.688. The molecule has 2 unspecified atom stereocenters. The van der Waals surface area contributed by atoms with Gasteiger partial charge < -0.3 is 14.4 Å². The molecule has 0 saturated carbocycles. The molecule has 0 N–H and O–H groups in total. The Kier molecular flexibility index (Phi) is 5.47. The lowest BCUT2D eigenvalue weighted by Gasteiger charge is -2.40. The van der Waals surface area contributed by atoms with E-state index in [0.29, 0.717) is 23.1 Å². The van der Waals surface area contributed by atoms with Crippen molar-refractivity contribution < 1.29 is 19.1 Å². The number of likely N-dealkylation sites (N-methyl/N-ethyl adjacent to an activating group) is 1. The molecule has 0 aromatic heterocycles. The normalized spacial score (nSPS) is 21.0. The van der Waals surface area contributed by atoms with Gasteiger partial charge in [-0.05, 0) is 19.1 Å². The molecule has 5 rings (SSSR count). The van der Waals surface area contributed by atoms with E-state index >= 15 is 0 Å². The van der Waals surface area contributed by atoms with E-state index in [1.165, 1.54) is 9.80 Å². The Bertz CT molecular complexity index is 1270. The van der Waals surface area contributed by atoms with Crippen LogP contribution in [0.15, 0.2) is 71.9 Å². The van der Waals surface area contributed by atoms with Gasteiger partial charge in [0.25, 0.3) is 5.91 Å². The Balaban J connectivity index is 1.66. The Morgan fingerprint density at radius 2 is 1.83 bits per heavy atom. The fraction of sp³-hybridized carbons (Fsp3) is 0.269. The van der Waals surface area contributed by atoms with Crippen LogP contribution in [0.25, 0.3) is 5.70 Å². The molecule has 9 heteroatoms. The van der Waals surface area contributed by atoms with Gasteiger partial charge >= 0.3 is 6.03 Å². The van der Waals surface area contributed by atoms with Gasteiger partial charge in [-0.15, -0.1) is 0 Å². The van der Waals surface area contributed by atoms with Crippen LogP contribution in [0.3, 0.4) is 0 Å². The fourth-order valence-corrected chi connectivity index (χ4v) is 4.67. The highest BCUT2D eigenvalue weighted by Gasteiger charge is 2.55. The number of urea groups is 1. The maximum absolute atomic E-state index is 13.6. The predicted molar refractivity (Wildman–Crippen MR) is 133 cm³/mol. The Hall–Kier alpha value is -4.27. The smallest absolute Gasteiger partial charge is 0.328 e. The lowest BCUT2D eigenvalue weighted by atomic mass is 10.1. The third-order valence-corrected chi connectivity index (χ3v) is 6.34. The van der Waals surface area contributed by atoms with Crippen molar-refractivity contribution in [2.75, 3.05) is 32.7 Å². The molecule has 1 saturated heterocycles. The number of anilines is 1. The van der Waals surface area contributed by atoms with Gasteiger partial charge in [-0.1, -0.05) is 42.5 Å². The first-order chi connectivity index (χ1) is 16.8. The van der Waals surface area contributed by atoms with Gasteiger partial charge in [0, 0.05) is 24.9 Å². The predicted octanol–water partition coefficient (Wildman–Crippen LogP) is 3.36. The van der Waals surface area contributed by atoms with Crippen LogP contribution < -0.4 is 14.4 Å². The van der Waals surface area contributed by atoms with Crippen LogP contribution in [-0.4, -0.2) is 72.6 Å². The van der Waals surface area contributed by atoms with Crippen molar-refractivity contribution in [3.63, 3.8) is 0 Å². The van der Waals surface area contributed by atoms with Gasteiger partial charge in [0.1, 0.15) is 11.5 Å². The molecule has 2 aromatic rings. The summed E-state index contributed by atoms with van der Waals surface area (Å²) in [4.78, 5) is 38.0. The number of benzene rings is 2. The number of ether oxygens (including phenoxy) is 2. The van der Waals surface area contributed by atoms with Crippen molar-refractivity contribution in [3.8, 4) is 11.5 Å². The minimum absolute atomic E-state index is 0.164. The number of nitrogens with zero attached hydrogens (tertiary/aromatic N) is 5. The summed E-state index contributed by atoms with van der Waals surface area (Å²) in [5.74, 6) is 1.50. The quantitative estimate of drug-likeness (QED) is 0.599. The summed E-state index contributed by atoms with van der Waals surface area (Å²) in [5.41, 5.74) is 3.20. The average molecular weight is 474 g/mol. The monoisotopic (exact) mass is 473 g/mol. The number of methoxy groups -OCH3 is 2. The van der Waals surface area contributed by atoms with Gasteiger partial charge in [-0.25, -0.2) is 9.79 Å². The topological polar surface area (TPSA) is 77.9 Å². The van der Waals surface area contributed by atoms with Crippen molar-refractivity contribution >= 4 is 29.3 Å². The number of amides is 3. The average Bonchev–Trinajstić information content (AvgIpc) is 3.41. The maximum Gasteiger partial charge on any atom is 0.328 e. The van der Waals surface area contributed by atoms with Crippen molar-refractivity contribution in [2.24, 2.45) is 4.99 Å². The zero-order valence-electron chi connectivity index (χ0n) is 20.1. The lowest BCUT2D eigenvalue weighted by molar-refractivity contribution is -0.136. The number of carbonyl (C=O) groups excluding carboxylic acids is 2. The van der Waals surface area contributed by atoms with E-state index in [2.05, 4.69) is 6.58 Å². The van der Waals surface area contributed by atoms with Gasteiger partial charge in [-0.3, -0.25) is 19.5 Å². The zero-order chi connectivity index (χ0) is 24.9. The van der Waals surface area contributed by atoms with Crippen molar-refractivity contribution in [2.45, 2.75) is 19.1 Å². The lowest BCUT2D eigenvalue weighted by Crippen LogP contribution is -2.64. The molecule has 3 aliphatic rings. The first-order valence-corrected chi connectivity index (χ1v) is 11.2. The van der Waals surface area contributed by atoms with E-state index in [1.807, 2.05) is 64.5 Å². The second-order valence-corrected chi connectivity index (χ2v) is 8.72. The highest BCUT2D eigenvalue weighted by molar-refractivity contribution is 6.16. The second kappa shape index (κ2) is 8.50. The minimum Gasteiger partial charge on any atom is -0.497 e. The van der Waals surface area contributed by atoms with Crippen LogP contribution in [0.2, 0.25) is 0 Å². The summed E-state index contributed by atoms with van der Waals surface area (Å²) in [5, 5.41) is 0. The van der Waals surface area contributed by atoms with Crippen LogP contribution in [0.5, 0.6) is 11.5 Å². The standard InChI is InChI=1S/C26H27N5O4/c1-16(2)14-30-24(32)22-23(28(3)26(30)33)27-25-29(22)15-20(17-9-7-6-8-10-17)31(25)19-13-18(34-4)11-12-21(19)35-5/h6-13,15,22-23H,1,14H2,2-5H3. The van der Waals surface area contributed by atoms with Crippen LogP contribution in [-0.2, 0) is 4.79 Å². The highest BCUT2D eigenvalue weighted by Crippen LogP contribution is 2.44. The van der Waals surface area contributed by atoms with E-state index in [1.54, 1.807) is 28.2 Å². The van der Waals surface area contributed by atoms with E-state index in [0.717, 1.165) is 16.8 Å². The molecule has 1 fully saturated rings. The first-order valence-electron chi connectivity index (χ1n) is 11.2. The van der Waals surface area contributed by atoms with E-state index < -0.39 is 12.2 Å². The Labute approximate surface area is 204 Å². The molecule has 35 heavy (non-hydrogen) atoms. The molecule has 180 valence electrons. The molecule has 0 spiro atoms. The summed E-state index contributed by atoms with van der Waals surface area (Å²) >= 11 is 0. The molecule has 0 aliphatic carbocycles. The van der Waals surface area contributed by atoms with Crippen LogP contribution in [0, 0.1) is 0 Å². The Morgan fingerprint density at radius 3 is 2.49 bits per heavy atom. The molecule has 3 amide bonds. The summed E-state index contributed by atoms with van der Waals surface area (Å²) in [7, 11) is 4.88. The molecular weight excluding hydrogens is 446 g/mol. The van der Waals surface area contributed by atoms with Crippen LogP contribution >= 0.6 is 0 Å². The largest absolute Gasteiger partial charge is 0.497 e. The number of guanidine groups is 1. The number of fused-ring (bicyclic) bond motifs is 3. The van der Waals surface area contributed by atoms with Gasteiger partial charge in [0.05, 0.1) is 32.1 Å². The summed E-state index contributed by atoms with van der Waals surface area (Å²) in [6, 6.07) is 14.3. The third kappa shape index (κ3) is 3.51. The van der Waals surface area contributed by atoms with E-state index in [9.17, 15) is 9.59 Å². The maximum atomic E-state index is 13.6. The summed E-state index contributed by atoms with van der Waals surface area (Å²) in [6.07, 6.45) is 1.26. The molecule has 2 atom stereocenters. The molecule has 2 aromatic carbocycles. The third-order valence-electron chi connectivity index (χ3n) is 6.34. The molecule has 9 nitrogen and oxygen atoms in total. The van der Waals surface area contributed by atoms with E-state index in [4.69, 9.17) is 14.5 Å². The zero-order valence-corrected chi connectivity index (χ0v) is 20.1. The Morgan fingerprint density at radius 1 is 1.09 bits per heavy atom. The number of carbonyl (C=O) groups is 2. The molecule has 0 radical (unpaired) electrons. The van der Waals surface area contributed by atoms with Gasteiger partial charge in [-0.2, -0.15) is 0 Å². The SMILES string of the molecule is C=C(C)CN1C(=O)C2C(N=C3N(c4cc(OC)ccc4OC)C(c4ccccc4)=CN32)N(C)C1=O. The van der Waals surface area contributed by atoms with Gasteiger partial charge in [0.15, 0.2) is 12.2 Å². The number of rotatable bonds is 6.